The Morgan fingerprint density at radius 1 is 1.22 bits per heavy atom. The van der Waals surface area contributed by atoms with E-state index in [0.29, 0.717) is 6.54 Å². The highest BCUT2D eigenvalue weighted by Gasteiger charge is 2.18. The molecule has 0 bridgehead atoms. The number of pyridine rings is 1. The van der Waals surface area contributed by atoms with Crippen LogP contribution in [0.4, 0.5) is 5.82 Å². The standard InChI is InChI=1S/C16H17N5S2/c1-8-5-9(2)18-16-12(8)13-14(23-16)15(20-21(13)4)17-6-11-7-22-10(3)19-11/h5,7H,6H2,1-4H3,(H,17,20). The number of fused-ring (bicyclic) bond motifs is 3. The molecule has 0 radical (unpaired) electrons. The van der Waals surface area contributed by atoms with Crippen LogP contribution in [-0.2, 0) is 13.6 Å². The van der Waals surface area contributed by atoms with E-state index in [0.717, 1.165) is 37.3 Å². The summed E-state index contributed by atoms with van der Waals surface area (Å²) in [6, 6.07) is 2.13. The Bertz CT molecular complexity index is 1020. The molecule has 0 atom stereocenters. The van der Waals surface area contributed by atoms with Crippen LogP contribution >= 0.6 is 22.7 Å². The van der Waals surface area contributed by atoms with Gasteiger partial charge in [-0.25, -0.2) is 9.97 Å². The molecule has 0 aromatic carbocycles. The predicted octanol–water partition coefficient (Wildman–Crippen LogP) is 4.18. The fraction of sp³-hybridized carbons (Fsp3) is 0.312. The summed E-state index contributed by atoms with van der Waals surface area (Å²) in [4.78, 5) is 10.3. The number of anilines is 1. The zero-order chi connectivity index (χ0) is 16.1. The molecule has 0 saturated carbocycles. The number of rotatable bonds is 3. The minimum atomic E-state index is 0.691. The SMILES string of the molecule is Cc1cc(C)c2c(n1)sc1c(NCc3csc(C)n3)nn(C)c12. The Labute approximate surface area is 142 Å². The van der Waals surface area contributed by atoms with Gasteiger partial charge in [0.15, 0.2) is 5.82 Å². The Balaban J connectivity index is 1.80. The van der Waals surface area contributed by atoms with Gasteiger partial charge in [0.2, 0.25) is 0 Å². The largest absolute Gasteiger partial charge is 0.362 e. The van der Waals surface area contributed by atoms with E-state index in [4.69, 9.17) is 0 Å². The molecule has 4 heterocycles. The molecule has 5 nitrogen and oxygen atoms in total. The van der Waals surface area contributed by atoms with E-state index in [1.54, 1.807) is 22.7 Å². The summed E-state index contributed by atoms with van der Waals surface area (Å²) >= 11 is 3.37. The van der Waals surface area contributed by atoms with Crippen molar-refractivity contribution in [3.63, 3.8) is 0 Å². The first-order chi connectivity index (χ1) is 11.0. The maximum atomic E-state index is 4.69. The van der Waals surface area contributed by atoms with Crippen molar-refractivity contribution in [2.24, 2.45) is 7.05 Å². The Morgan fingerprint density at radius 3 is 2.78 bits per heavy atom. The number of nitrogens with one attached hydrogen (secondary N) is 1. The van der Waals surface area contributed by atoms with Crippen molar-refractivity contribution in [2.45, 2.75) is 27.3 Å². The number of thiazole rings is 1. The topological polar surface area (TPSA) is 55.6 Å². The molecule has 0 aliphatic heterocycles. The molecule has 4 rings (SSSR count). The van der Waals surface area contributed by atoms with E-state index < -0.39 is 0 Å². The maximum absolute atomic E-state index is 4.69. The van der Waals surface area contributed by atoms with Crippen molar-refractivity contribution in [1.29, 1.82) is 0 Å². The third kappa shape index (κ3) is 2.40. The molecule has 118 valence electrons. The predicted molar refractivity (Wildman–Crippen MR) is 97.5 cm³/mol. The van der Waals surface area contributed by atoms with Gasteiger partial charge in [0.1, 0.15) is 4.83 Å². The van der Waals surface area contributed by atoms with Gasteiger partial charge in [-0.2, -0.15) is 5.10 Å². The Hall–Kier alpha value is -1.99. The lowest BCUT2D eigenvalue weighted by Crippen LogP contribution is -2.01. The lowest BCUT2D eigenvalue weighted by atomic mass is 10.1. The Morgan fingerprint density at radius 2 is 2.04 bits per heavy atom. The van der Waals surface area contributed by atoms with Crippen LogP contribution in [0, 0.1) is 20.8 Å². The molecule has 4 aromatic rings. The first-order valence-electron chi connectivity index (χ1n) is 7.41. The number of nitrogens with zero attached hydrogens (tertiary/aromatic N) is 4. The van der Waals surface area contributed by atoms with Crippen molar-refractivity contribution in [1.82, 2.24) is 19.7 Å². The summed E-state index contributed by atoms with van der Waals surface area (Å²) in [7, 11) is 1.99. The second-order valence-corrected chi connectivity index (χ2v) is 7.79. The monoisotopic (exact) mass is 343 g/mol. The maximum Gasteiger partial charge on any atom is 0.166 e. The quantitative estimate of drug-likeness (QED) is 0.606. The lowest BCUT2D eigenvalue weighted by molar-refractivity contribution is 0.798. The van der Waals surface area contributed by atoms with Crippen molar-refractivity contribution >= 4 is 48.9 Å². The minimum absolute atomic E-state index is 0.691. The highest BCUT2D eigenvalue weighted by molar-refractivity contribution is 7.26. The van der Waals surface area contributed by atoms with E-state index in [2.05, 4.69) is 38.8 Å². The normalized spacial score (nSPS) is 11.7. The summed E-state index contributed by atoms with van der Waals surface area (Å²) in [5.41, 5.74) is 4.52. The molecule has 7 heteroatoms. The van der Waals surface area contributed by atoms with Gasteiger partial charge >= 0.3 is 0 Å². The van der Waals surface area contributed by atoms with Crippen LogP contribution in [0.15, 0.2) is 11.4 Å². The fourth-order valence-corrected chi connectivity index (χ4v) is 4.81. The summed E-state index contributed by atoms with van der Waals surface area (Å²) in [5, 5.41) is 12.5. The van der Waals surface area contributed by atoms with E-state index in [1.807, 2.05) is 25.6 Å². The van der Waals surface area contributed by atoms with E-state index in [-0.39, 0.29) is 0 Å². The molecular weight excluding hydrogens is 326 g/mol. The number of thiophene rings is 1. The fourth-order valence-electron chi connectivity index (χ4n) is 2.92. The van der Waals surface area contributed by atoms with Crippen LogP contribution < -0.4 is 5.32 Å². The van der Waals surface area contributed by atoms with Gasteiger partial charge in [-0.05, 0) is 32.4 Å². The van der Waals surface area contributed by atoms with Crippen molar-refractivity contribution < 1.29 is 0 Å². The molecule has 23 heavy (non-hydrogen) atoms. The number of aryl methyl sites for hydroxylation is 4. The van der Waals surface area contributed by atoms with Gasteiger partial charge < -0.3 is 5.32 Å². The van der Waals surface area contributed by atoms with Gasteiger partial charge in [0.25, 0.3) is 0 Å². The highest BCUT2D eigenvalue weighted by Crippen LogP contribution is 2.38. The summed E-state index contributed by atoms with van der Waals surface area (Å²) in [5.74, 6) is 0.910. The first-order valence-corrected chi connectivity index (χ1v) is 9.11. The van der Waals surface area contributed by atoms with Gasteiger partial charge in [-0.15, -0.1) is 22.7 Å². The number of aromatic nitrogens is 4. The first kappa shape index (κ1) is 14.6. The van der Waals surface area contributed by atoms with Crippen molar-refractivity contribution in [3.05, 3.63) is 33.4 Å². The zero-order valence-electron chi connectivity index (χ0n) is 13.5. The molecule has 0 unspecified atom stereocenters. The van der Waals surface area contributed by atoms with Gasteiger partial charge in [0.05, 0.1) is 27.5 Å². The molecule has 0 amide bonds. The van der Waals surface area contributed by atoms with E-state index in [1.165, 1.54) is 10.9 Å². The van der Waals surface area contributed by atoms with E-state index in [9.17, 15) is 0 Å². The third-order valence-corrected chi connectivity index (χ3v) is 5.76. The third-order valence-electron chi connectivity index (χ3n) is 3.85. The molecule has 0 spiro atoms. The molecule has 1 N–H and O–H groups in total. The number of hydrogen-bond donors (Lipinski definition) is 1. The van der Waals surface area contributed by atoms with Crippen molar-refractivity contribution in [2.75, 3.05) is 5.32 Å². The van der Waals surface area contributed by atoms with Crippen LogP contribution in [0.5, 0.6) is 0 Å². The van der Waals surface area contributed by atoms with Crippen molar-refractivity contribution in [3.8, 4) is 0 Å². The second kappa shape index (κ2) is 5.28. The second-order valence-electron chi connectivity index (χ2n) is 5.72. The van der Waals surface area contributed by atoms with E-state index >= 15 is 0 Å². The molecule has 0 saturated heterocycles. The number of hydrogen-bond acceptors (Lipinski definition) is 6. The summed E-state index contributed by atoms with van der Waals surface area (Å²) in [6.07, 6.45) is 0. The zero-order valence-corrected chi connectivity index (χ0v) is 15.1. The summed E-state index contributed by atoms with van der Waals surface area (Å²) < 4.78 is 3.11. The van der Waals surface area contributed by atoms with Crippen LogP contribution in [0.25, 0.3) is 20.4 Å². The van der Waals surface area contributed by atoms with Crippen LogP contribution in [0.1, 0.15) is 22.0 Å². The Kier molecular flexibility index (Phi) is 3.35. The van der Waals surface area contributed by atoms with Crippen LogP contribution in [0.2, 0.25) is 0 Å². The average Bonchev–Trinajstić information content (AvgIpc) is 3.13. The minimum Gasteiger partial charge on any atom is -0.362 e. The highest BCUT2D eigenvalue weighted by atomic mass is 32.1. The molecule has 4 aromatic heterocycles. The van der Waals surface area contributed by atoms with Gasteiger partial charge in [-0.3, -0.25) is 4.68 Å². The average molecular weight is 343 g/mol. The van der Waals surface area contributed by atoms with Gasteiger partial charge in [0, 0.05) is 23.5 Å². The molecule has 0 aliphatic rings. The molecular formula is C16H17N5S2. The molecule has 0 fully saturated rings. The summed E-state index contributed by atoms with van der Waals surface area (Å²) in [6.45, 7) is 6.90. The molecule has 0 aliphatic carbocycles. The van der Waals surface area contributed by atoms with Crippen LogP contribution in [-0.4, -0.2) is 19.7 Å². The van der Waals surface area contributed by atoms with Gasteiger partial charge in [-0.1, -0.05) is 0 Å². The van der Waals surface area contributed by atoms with Crippen LogP contribution in [0.3, 0.4) is 0 Å². The lowest BCUT2D eigenvalue weighted by Gasteiger charge is -2.00. The smallest absolute Gasteiger partial charge is 0.166 e.